The standard InChI is InChI=1S/C7H6O2.C6H14O6/c8-7(9)6-4-2-1-3-5-6;7-1-3(9)5(11)6(12)4(10)2-8/h1-5H,(H,8,9);3-12H,1-2H2. The molecule has 120 valence electrons. The van der Waals surface area contributed by atoms with Gasteiger partial charge in [-0.25, -0.2) is 4.79 Å². The van der Waals surface area contributed by atoms with E-state index in [0.29, 0.717) is 5.56 Å². The molecule has 0 amide bonds. The third-order valence-electron chi connectivity index (χ3n) is 2.53. The van der Waals surface area contributed by atoms with Gasteiger partial charge in [-0.2, -0.15) is 0 Å². The van der Waals surface area contributed by atoms with Gasteiger partial charge in [-0.1, -0.05) is 18.2 Å². The Hall–Kier alpha value is -1.55. The van der Waals surface area contributed by atoms with Gasteiger partial charge in [0.05, 0.1) is 18.8 Å². The monoisotopic (exact) mass is 304 g/mol. The Morgan fingerprint density at radius 1 is 0.857 bits per heavy atom. The first-order valence-electron chi connectivity index (χ1n) is 6.07. The summed E-state index contributed by atoms with van der Waals surface area (Å²) in [4.78, 5) is 10.2. The molecular formula is C13H20O8. The van der Waals surface area contributed by atoms with E-state index in [1.165, 1.54) is 0 Å². The van der Waals surface area contributed by atoms with Crippen LogP contribution in [0.2, 0.25) is 0 Å². The molecule has 0 aromatic heterocycles. The fourth-order valence-electron chi connectivity index (χ4n) is 1.25. The Labute approximate surface area is 121 Å². The number of carboxylic acids is 1. The number of carbonyl (C=O) groups is 1. The highest BCUT2D eigenvalue weighted by Gasteiger charge is 2.29. The second-order valence-corrected chi connectivity index (χ2v) is 4.15. The molecule has 0 saturated carbocycles. The minimum absolute atomic E-state index is 0.331. The first kappa shape index (κ1) is 19.4. The number of hydrogen-bond acceptors (Lipinski definition) is 7. The summed E-state index contributed by atoms with van der Waals surface area (Å²) in [5.74, 6) is -0.879. The van der Waals surface area contributed by atoms with Crippen LogP contribution in [0.4, 0.5) is 0 Å². The molecule has 1 aromatic rings. The molecule has 4 unspecified atom stereocenters. The van der Waals surface area contributed by atoms with Crippen molar-refractivity contribution in [3.8, 4) is 0 Å². The van der Waals surface area contributed by atoms with E-state index < -0.39 is 43.6 Å². The zero-order valence-electron chi connectivity index (χ0n) is 11.1. The molecule has 0 aliphatic heterocycles. The van der Waals surface area contributed by atoms with E-state index in [1.807, 2.05) is 0 Å². The molecule has 0 heterocycles. The van der Waals surface area contributed by atoms with Gasteiger partial charge >= 0.3 is 5.97 Å². The van der Waals surface area contributed by atoms with Gasteiger partial charge in [0.2, 0.25) is 0 Å². The van der Waals surface area contributed by atoms with Crippen molar-refractivity contribution >= 4 is 5.97 Å². The predicted molar refractivity (Wildman–Crippen MR) is 71.6 cm³/mol. The maximum Gasteiger partial charge on any atom is 0.335 e. The fourth-order valence-corrected chi connectivity index (χ4v) is 1.25. The lowest BCUT2D eigenvalue weighted by atomic mass is 10.0. The lowest BCUT2D eigenvalue weighted by molar-refractivity contribution is -0.123. The lowest BCUT2D eigenvalue weighted by Gasteiger charge is -2.24. The number of rotatable bonds is 6. The van der Waals surface area contributed by atoms with Crippen LogP contribution in [0, 0.1) is 0 Å². The Morgan fingerprint density at radius 3 is 1.48 bits per heavy atom. The SMILES string of the molecule is O=C(O)c1ccccc1.OCC(O)C(O)C(O)C(O)CO. The molecule has 7 N–H and O–H groups in total. The molecule has 1 aromatic carbocycles. The number of aromatic carboxylic acids is 1. The highest BCUT2D eigenvalue weighted by atomic mass is 16.4. The molecule has 8 nitrogen and oxygen atoms in total. The Kier molecular flexibility index (Phi) is 9.46. The van der Waals surface area contributed by atoms with Crippen LogP contribution in [0.25, 0.3) is 0 Å². The van der Waals surface area contributed by atoms with E-state index in [0.717, 1.165) is 0 Å². The molecule has 1 rings (SSSR count). The zero-order chi connectivity index (χ0) is 16.4. The summed E-state index contributed by atoms with van der Waals surface area (Å²) >= 11 is 0. The molecule has 0 saturated heterocycles. The first-order chi connectivity index (χ1) is 9.84. The topological polar surface area (TPSA) is 159 Å². The number of benzene rings is 1. The van der Waals surface area contributed by atoms with E-state index in [9.17, 15) is 4.79 Å². The van der Waals surface area contributed by atoms with Crippen LogP contribution in [0.15, 0.2) is 30.3 Å². The van der Waals surface area contributed by atoms with Crippen molar-refractivity contribution in [1.82, 2.24) is 0 Å². The van der Waals surface area contributed by atoms with Gasteiger partial charge in [-0.15, -0.1) is 0 Å². The van der Waals surface area contributed by atoms with E-state index in [2.05, 4.69) is 0 Å². The summed E-state index contributed by atoms with van der Waals surface area (Å²) in [6, 6.07) is 8.30. The second-order valence-electron chi connectivity index (χ2n) is 4.15. The summed E-state index contributed by atoms with van der Waals surface area (Å²) in [5, 5.41) is 60.6. The summed E-state index contributed by atoms with van der Waals surface area (Å²) in [5.41, 5.74) is 0.331. The summed E-state index contributed by atoms with van der Waals surface area (Å²) < 4.78 is 0. The molecule has 0 radical (unpaired) electrons. The average molecular weight is 304 g/mol. The Bertz CT molecular complexity index is 382. The van der Waals surface area contributed by atoms with Crippen molar-refractivity contribution < 1.29 is 40.5 Å². The van der Waals surface area contributed by atoms with E-state index in [4.69, 9.17) is 35.7 Å². The van der Waals surface area contributed by atoms with E-state index in [-0.39, 0.29) is 0 Å². The lowest BCUT2D eigenvalue weighted by Crippen LogP contribution is -2.46. The molecule has 0 bridgehead atoms. The number of aliphatic hydroxyl groups is 6. The normalized spacial score (nSPS) is 16.1. The number of hydrogen-bond donors (Lipinski definition) is 7. The van der Waals surface area contributed by atoms with Crippen molar-refractivity contribution in [2.45, 2.75) is 24.4 Å². The van der Waals surface area contributed by atoms with Crippen LogP contribution in [0.1, 0.15) is 10.4 Å². The quantitative estimate of drug-likeness (QED) is 0.312. The maximum absolute atomic E-state index is 10.2. The second kappa shape index (κ2) is 10.2. The van der Waals surface area contributed by atoms with Crippen LogP contribution in [-0.4, -0.2) is 79.3 Å². The summed E-state index contributed by atoms with van der Waals surface area (Å²) in [6.07, 6.45) is -6.39. The number of carboxylic acid groups (broad SMARTS) is 1. The molecular weight excluding hydrogens is 284 g/mol. The van der Waals surface area contributed by atoms with Crippen molar-refractivity contribution in [3.05, 3.63) is 35.9 Å². The summed E-state index contributed by atoms with van der Waals surface area (Å²) in [7, 11) is 0. The third-order valence-corrected chi connectivity index (χ3v) is 2.53. The maximum atomic E-state index is 10.2. The Morgan fingerprint density at radius 2 is 1.24 bits per heavy atom. The largest absolute Gasteiger partial charge is 0.478 e. The van der Waals surface area contributed by atoms with Crippen molar-refractivity contribution in [3.63, 3.8) is 0 Å². The number of aliphatic hydroxyl groups excluding tert-OH is 6. The van der Waals surface area contributed by atoms with Crippen LogP contribution in [0.5, 0.6) is 0 Å². The molecule has 4 atom stereocenters. The fraction of sp³-hybridized carbons (Fsp3) is 0.462. The van der Waals surface area contributed by atoms with Crippen LogP contribution in [-0.2, 0) is 0 Å². The van der Waals surface area contributed by atoms with Gasteiger partial charge in [0, 0.05) is 0 Å². The smallest absolute Gasteiger partial charge is 0.335 e. The Balaban J connectivity index is 0.000000394. The van der Waals surface area contributed by atoms with E-state index in [1.54, 1.807) is 30.3 Å². The minimum Gasteiger partial charge on any atom is -0.478 e. The molecule has 0 aliphatic carbocycles. The van der Waals surface area contributed by atoms with Crippen molar-refractivity contribution in [1.29, 1.82) is 0 Å². The molecule has 0 spiro atoms. The molecule has 0 aliphatic rings. The summed E-state index contributed by atoms with van der Waals surface area (Å²) in [6.45, 7) is -1.45. The van der Waals surface area contributed by atoms with E-state index >= 15 is 0 Å². The highest BCUT2D eigenvalue weighted by molar-refractivity contribution is 5.87. The molecule has 21 heavy (non-hydrogen) atoms. The van der Waals surface area contributed by atoms with Crippen molar-refractivity contribution in [2.75, 3.05) is 13.2 Å². The van der Waals surface area contributed by atoms with Gasteiger partial charge < -0.3 is 35.7 Å². The van der Waals surface area contributed by atoms with Gasteiger partial charge in [0.15, 0.2) is 0 Å². The zero-order valence-corrected chi connectivity index (χ0v) is 11.1. The highest BCUT2D eigenvalue weighted by Crippen LogP contribution is 2.04. The minimum atomic E-state index is -1.67. The average Bonchev–Trinajstić information content (AvgIpc) is 2.53. The predicted octanol–water partition coefficient (Wildman–Crippen LogP) is -2.20. The van der Waals surface area contributed by atoms with Crippen LogP contribution >= 0.6 is 0 Å². The van der Waals surface area contributed by atoms with Crippen molar-refractivity contribution in [2.24, 2.45) is 0 Å². The van der Waals surface area contributed by atoms with Gasteiger partial charge in [-0.05, 0) is 12.1 Å². The molecule has 0 fully saturated rings. The first-order valence-corrected chi connectivity index (χ1v) is 6.07. The third kappa shape index (κ3) is 7.14. The molecule has 8 heteroatoms. The van der Waals surface area contributed by atoms with Gasteiger partial charge in [-0.3, -0.25) is 0 Å². The van der Waals surface area contributed by atoms with Gasteiger partial charge in [0.25, 0.3) is 0 Å². The van der Waals surface area contributed by atoms with Crippen LogP contribution < -0.4 is 0 Å². The van der Waals surface area contributed by atoms with Gasteiger partial charge in [0.1, 0.15) is 24.4 Å². The van der Waals surface area contributed by atoms with Crippen LogP contribution in [0.3, 0.4) is 0 Å².